The molecule has 14 heavy (non-hydrogen) atoms. The molecule has 1 heterocycles. The SMILES string of the molecule is COCCN1CC2C(C(C)(C)C)[C@H]2C1. The molecule has 0 aromatic rings. The number of nitrogens with zero attached hydrogens (tertiary/aromatic N) is 1. The maximum atomic E-state index is 5.11. The Morgan fingerprint density at radius 1 is 1.21 bits per heavy atom. The van der Waals surface area contributed by atoms with Crippen LogP contribution in [0.4, 0.5) is 0 Å². The molecule has 3 atom stereocenters. The second kappa shape index (κ2) is 3.49. The van der Waals surface area contributed by atoms with Crippen molar-refractivity contribution < 1.29 is 4.74 Å². The van der Waals surface area contributed by atoms with Crippen LogP contribution in [-0.2, 0) is 4.74 Å². The Hall–Kier alpha value is -0.0800. The zero-order valence-corrected chi connectivity index (χ0v) is 9.92. The zero-order chi connectivity index (χ0) is 10.3. The van der Waals surface area contributed by atoms with Gasteiger partial charge in [0.05, 0.1) is 6.61 Å². The van der Waals surface area contributed by atoms with Crippen LogP contribution in [0.5, 0.6) is 0 Å². The molecule has 0 aromatic carbocycles. The third kappa shape index (κ3) is 1.82. The Balaban J connectivity index is 1.76. The monoisotopic (exact) mass is 197 g/mol. The molecule has 2 nitrogen and oxygen atoms in total. The van der Waals surface area contributed by atoms with Gasteiger partial charge in [0.25, 0.3) is 0 Å². The molecule has 0 N–H and O–H groups in total. The minimum atomic E-state index is 0.530. The Morgan fingerprint density at radius 3 is 2.21 bits per heavy atom. The fourth-order valence-electron chi connectivity index (χ4n) is 3.30. The van der Waals surface area contributed by atoms with Gasteiger partial charge in [0.15, 0.2) is 0 Å². The summed E-state index contributed by atoms with van der Waals surface area (Å²) in [6.45, 7) is 11.8. The van der Waals surface area contributed by atoms with E-state index in [1.54, 1.807) is 7.11 Å². The quantitative estimate of drug-likeness (QED) is 0.684. The van der Waals surface area contributed by atoms with Gasteiger partial charge in [-0.1, -0.05) is 20.8 Å². The van der Waals surface area contributed by atoms with Crippen molar-refractivity contribution in [2.45, 2.75) is 20.8 Å². The van der Waals surface area contributed by atoms with Crippen molar-refractivity contribution >= 4 is 0 Å². The van der Waals surface area contributed by atoms with Crippen LogP contribution in [0.1, 0.15) is 20.8 Å². The summed E-state index contributed by atoms with van der Waals surface area (Å²) in [6, 6.07) is 0. The second-order valence-corrected chi connectivity index (χ2v) is 5.97. The summed E-state index contributed by atoms with van der Waals surface area (Å²) in [6.07, 6.45) is 0. The van der Waals surface area contributed by atoms with Gasteiger partial charge >= 0.3 is 0 Å². The summed E-state index contributed by atoms with van der Waals surface area (Å²) < 4.78 is 5.11. The zero-order valence-electron chi connectivity index (χ0n) is 9.92. The van der Waals surface area contributed by atoms with E-state index >= 15 is 0 Å². The summed E-state index contributed by atoms with van der Waals surface area (Å²) in [7, 11) is 1.79. The molecule has 0 aromatic heterocycles. The minimum Gasteiger partial charge on any atom is -0.383 e. The molecule has 2 fully saturated rings. The van der Waals surface area contributed by atoms with Gasteiger partial charge in [0, 0.05) is 26.7 Å². The van der Waals surface area contributed by atoms with Crippen molar-refractivity contribution in [3.05, 3.63) is 0 Å². The van der Waals surface area contributed by atoms with Gasteiger partial charge in [-0.05, 0) is 23.2 Å². The molecule has 1 aliphatic heterocycles. The molecular formula is C12H23NO. The number of hydrogen-bond acceptors (Lipinski definition) is 2. The van der Waals surface area contributed by atoms with Crippen molar-refractivity contribution in [2.75, 3.05) is 33.4 Å². The van der Waals surface area contributed by atoms with Gasteiger partial charge < -0.3 is 9.64 Å². The highest BCUT2D eigenvalue weighted by Gasteiger charge is 2.59. The van der Waals surface area contributed by atoms with Crippen LogP contribution in [0.3, 0.4) is 0 Å². The van der Waals surface area contributed by atoms with E-state index in [-0.39, 0.29) is 0 Å². The molecule has 0 amide bonds. The normalized spacial score (nSPS) is 37.3. The van der Waals surface area contributed by atoms with Gasteiger partial charge in [-0.2, -0.15) is 0 Å². The van der Waals surface area contributed by atoms with Gasteiger partial charge in [0.1, 0.15) is 0 Å². The largest absolute Gasteiger partial charge is 0.383 e. The molecule has 0 radical (unpaired) electrons. The molecule has 2 unspecified atom stereocenters. The number of hydrogen-bond donors (Lipinski definition) is 0. The van der Waals surface area contributed by atoms with Crippen LogP contribution in [0.15, 0.2) is 0 Å². The van der Waals surface area contributed by atoms with Crippen molar-refractivity contribution in [3.63, 3.8) is 0 Å². The van der Waals surface area contributed by atoms with Gasteiger partial charge in [0.2, 0.25) is 0 Å². The van der Waals surface area contributed by atoms with E-state index in [4.69, 9.17) is 4.74 Å². The van der Waals surface area contributed by atoms with Crippen molar-refractivity contribution in [1.82, 2.24) is 4.90 Å². The fourth-order valence-corrected chi connectivity index (χ4v) is 3.30. The fraction of sp³-hybridized carbons (Fsp3) is 1.00. The standard InChI is InChI=1S/C12H23NO/c1-12(2,3)11-9-7-13(5-6-14-4)8-10(9)11/h9-11H,5-8H2,1-4H3/t9-,10?,11?/m0/s1. The lowest BCUT2D eigenvalue weighted by atomic mass is 9.87. The number of ether oxygens (including phenoxy) is 1. The molecule has 2 aliphatic rings. The Labute approximate surface area is 87.6 Å². The molecule has 82 valence electrons. The minimum absolute atomic E-state index is 0.530. The summed E-state index contributed by atoms with van der Waals surface area (Å²) in [5, 5.41) is 0. The number of rotatable bonds is 3. The lowest BCUT2D eigenvalue weighted by molar-refractivity contribution is 0.144. The predicted molar refractivity (Wildman–Crippen MR) is 58.2 cm³/mol. The highest BCUT2D eigenvalue weighted by atomic mass is 16.5. The van der Waals surface area contributed by atoms with E-state index in [2.05, 4.69) is 25.7 Å². The first-order valence-electron chi connectivity index (χ1n) is 5.75. The molecule has 1 saturated heterocycles. The van der Waals surface area contributed by atoms with Gasteiger partial charge in [-0.3, -0.25) is 0 Å². The smallest absolute Gasteiger partial charge is 0.0589 e. The summed E-state index contributed by atoms with van der Waals surface area (Å²) in [5.41, 5.74) is 0.530. The van der Waals surface area contributed by atoms with E-state index in [0.717, 1.165) is 30.9 Å². The first-order valence-corrected chi connectivity index (χ1v) is 5.75. The first kappa shape index (κ1) is 10.4. The number of likely N-dealkylation sites (tertiary alicyclic amines) is 1. The maximum absolute atomic E-state index is 5.11. The Morgan fingerprint density at radius 2 is 1.79 bits per heavy atom. The van der Waals surface area contributed by atoms with Crippen LogP contribution in [-0.4, -0.2) is 38.3 Å². The maximum Gasteiger partial charge on any atom is 0.0589 e. The van der Waals surface area contributed by atoms with Crippen LogP contribution in [0.2, 0.25) is 0 Å². The third-order valence-electron chi connectivity index (χ3n) is 3.88. The molecule has 0 spiro atoms. The number of fused-ring (bicyclic) bond motifs is 1. The van der Waals surface area contributed by atoms with Crippen LogP contribution >= 0.6 is 0 Å². The van der Waals surface area contributed by atoms with E-state index in [0.29, 0.717) is 5.41 Å². The van der Waals surface area contributed by atoms with Crippen molar-refractivity contribution in [1.29, 1.82) is 0 Å². The lowest BCUT2D eigenvalue weighted by Gasteiger charge is -2.25. The lowest BCUT2D eigenvalue weighted by Crippen LogP contribution is -2.30. The molecule has 1 aliphatic carbocycles. The highest BCUT2D eigenvalue weighted by Crippen LogP contribution is 2.59. The van der Waals surface area contributed by atoms with E-state index < -0.39 is 0 Å². The third-order valence-corrected chi connectivity index (χ3v) is 3.88. The summed E-state index contributed by atoms with van der Waals surface area (Å²) >= 11 is 0. The van der Waals surface area contributed by atoms with Crippen LogP contribution in [0.25, 0.3) is 0 Å². The second-order valence-electron chi connectivity index (χ2n) is 5.97. The first-order chi connectivity index (χ1) is 6.54. The van der Waals surface area contributed by atoms with Gasteiger partial charge in [-0.15, -0.1) is 0 Å². The average molecular weight is 197 g/mol. The van der Waals surface area contributed by atoms with E-state index in [9.17, 15) is 0 Å². The topological polar surface area (TPSA) is 12.5 Å². The number of piperidine rings is 1. The van der Waals surface area contributed by atoms with Crippen LogP contribution in [0, 0.1) is 23.2 Å². The molecule has 0 bridgehead atoms. The molecular weight excluding hydrogens is 174 g/mol. The Bertz CT molecular complexity index is 197. The predicted octanol–water partition coefficient (Wildman–Crippen LogP) is 1.86. The van der Waals surface area contributed by atoms with Gasteiger partial charge in [-0.25, -0.2) is 0 Å². The van der Waals surface area contributed by atoms with E-state index in [1.807, 2.05) is 0 Å². The van der Waals surface area contributed by atoms with Crippen molar-refractivity contribution in [2.24, 2.45) is 23.2 Å². The van der Waals surface area contributed by atoms with Crippen molar-refractivity contribution in [3.8, 4) is 0 Å². The average Bonchev–Trinajstić information content (AvgIpc) is 2.62. The summed E-state index contributed by atoms with van der Waals surface area (Å²) in [4.78, 5) is 2.56. The summed E-state index contributed by atoms with van der Waals surface area (Å²) in [5.74, 6) is 2.97. The molecule has 2 rings (SSSR count). The number of methoxy groups -OCH3 is 1. The molecule has 2 heteroatoms. The highest BCUT2D eigenvalue weighted by molar-refractivity contribution is 5.08. The van der Waals surface area contributed by atoms with E-state index in [1.165, 1.54) is 13.1 Å². The van der Waals surface area contributed by atoms with Crippen LogP contribution < -0.4 is 0 Å². The molecule has 1 saturated carbocycles. The Kier molecular flexibility index (Phi) is 2.61.